The third-order valence-electron chi connectivity index (χ3n) is 2.27. The Morgan fingerprint density at radius 1 is 1.18 bits per heavy atom. The zero-order valence-corrected chi connectivity index (χ0v) is 11.0. The Bertz CT molecular complexity index is 484. The summed E-state index contributed by atoms with van der Waals surface area (Å²) in [7, 11) is 1.80. The summed E-state index contributed by atoms with van der Waals surface area (Å²) >= 11 is 3.41. The van der Waals surface area contributed by atoms with Gasteiger partial charge in [0.2, 0.25) is 5.95 Å². The van der Waals surface area contributed by atoms with Gasteiger partial charge in [0.1, 0.15) is 5.82 Å². The number of hydrogen-bond donors (Lipinski definition) is 2. The fourth-order valence-electron chi connectivity index (χ4n) is 1.37. The summed E-state index contributed by atoms with van der Waals surface area (Å²) in [5, 5.41) is 6.15. The van der Waals surface area contributed by atoms with Gasteiger partial charge < -0.3 is 10.6 Å². The molecule has 0 aliphatic heterocycles. The lowest BCUT2D eigenvalue weighted by atomic mass is 10.2. The first kappa shape index (κ1) is 11.9. The molecule has 17 heavy (non-hydrogen) atoms. The number of rotatable bonds is 4. The summed E-state index contributed by atoms with van der Waals surface area (Å²) in [6.07, 6.45) is 1.72. The highest BCUT2D eigenvalue weighted by atomic mass is 79.9. The number of nitrogens with one attached hydrogen (secondary N) is 2. The van der Waals surface area contributed by atoms with E-state index >= 15 is 0 Å². The van der Waals surface area contributed by atoms with Gasteiger partial charge in [0.25, 0.3) is 0 Å². The van der Waals surface area contributed by atoms with E-state index in [9.17, 15) is 0 Å². The van der Waals surface area contributed by atoms with Crippen molar-refractivity contribution >= 4 is 27.7 Å². The second-order valence-electron chi connectivity index (χ2n) is 3.50. The van der Waals surface area contributed by atoms with E-state index in [1.807, 2.05) is 18.2 Å². The van der Waals surface area contributed by atoms with Gasteiger partial charge >= 0.3 is 0 Å². The minimum Gasteiger partial charge on any atom is -0.366 e. The first-order valence-electron chi connectivity index (χ1n) is 5.27. The molecule has 0 atom stereocenters. The van der Waals surface area contributed by atoms with Gasteiger partial charge in [-0.25, -0.2) is 4.98 Å². The molecule has 0 aliphatic carbocycles. The molecule has 4 nitrogen and oxygen atoms in total. The molecule has 0 unspecified atom stereocenters. The van der Waals surface area contributed by atoms with Gasteiger partial charge in [-0.2, -0.15) is 4.98 Å². The SMILES string of the molecule is CNc1nccc(NCc2ccc(Br)cc2)n1. The standard InChI is InChI=1S/C12H13BrN4/c1-14-12-15-7-6-11(17-12)16-8-9-2-4-10(13)5-3-9/h2-7H,8H2,1H3,(H2,14,15,16,17). The number of benzene rings is 1. The number of halogens is 1. The summed E-state index contributed by atoms with van der Waals surface area (Å²) in [5.41, 5.74) is 1.21. The third-order valence-corrected chi connectivity index (χ3v) is 2.79. The second kappa shape index (κ2) is 5.63. The zero-order chi connectivity index (χ0) is 12.1. The Kier molecular flexibility index (Phi) is 3.93. The average molecular weight is 293 g/mol. The predicted octanol–water partition coefficient (Wildman–Crippen LogP) is 2.89. The van der Waals surface area contributed by atoms with Crippen LogP contribution < -0.4 is 10.6 Å². The Labute approximate surface area is 109 Å². The maximum atomic E-state index is 4.28. The van der Waals surface area contributed by atoms with E-state index in [1.165, 1.54) is 5.56 Å². The normalized spacial score (nSPS) is 10.0. The van der Waals surface area contributed by atoms with Crippen LogP contribution in [0.1, 0.15) is 5.56 Å². The molecule has 2 aromatic rings. The lowest BCUT2D eigenvalue weighted by Gasteiger charge is -2.06. The smallest absolute Gasteiger partial charge is 0.224 e. The fourth-order valence-corrected chi connectivity index (χ4v) is 1.64. The first-order chi connectivity index (χ1) is 8.28. The molecule has 0 amide bonds. The van der Waals surface area contributed by atoms with Gasteiger partial charge in [0.15, 0.2) is 0 Å². The topological polar surface area (TPSA) is 49.8 Å². The molecule has 0 fully saturated rings. The molecule has 5 heteroatoms. The Hall–Kier alpha value is -1.62. The summed E-state index contributed by atoms with van der Waals surface area (Å²) in [6.45, 7) is 0.743. The zero-order valence-electron chi connectivity index (χ0n) is 9.44. The molecule has 0 radical (unpaired) electrons. The van der Waals surface area contributed by atoms with Crippen molar-refractivity contribution in [3.05, 3.63) is 46.6 Å². The molecule has 0 bridgehead atoms. The van der Waals surface area contributed by atoms with Gasteiger partial charge in [-0.05, 0) is 23.8 Å². The summed E-state index contributed by atoms with van der Waals surface area (Å²) in [5.74, 6) is 1.43. The minimum atomic E-state index is 0.616. The third kappa shape index (κ3) is 3.42. The molecular formula is C12H13BrN4. The molecule has 1 aromatic heterocycles. The quantitative estimate of drug-likeness (QED) is 0.910. The number of aromatic nitrogens is 2. The first-order valence-corrected chi connectivity index (χ1v) is 6.06. The summed E-state index contributed by atoms with van der Waals surface area (Å²) in [4.78, 5) is 8.34. The van der Waals surface area contributed by atoms with Crippen molar-refractivity contribution in [2.24, 2.45) is 0 Å². The van der Waals surface area contributed by atoms with Crippen LogP contribution in [0.5, 0.6) is 0 Å². The molecule has 0 saturated heterocycles. The predicted molar refractivity (Wildman–Crippen MR) is 73.0 cm³/mol. The van der Waals surface area contributed by atoms with Crippen LogP contribution in [0.25, 0.3) is 0 Å². The van der Waals surface area contributed by atoms with Crippen LogP contribution in [-0.4, -0.2) is 17.0 Å². The Morgan fingerprint density at radius 3 is 2.65 bits per heavy atom. The highest BCUT2D eigenvalue weighted by Crippen LogP contribution is 2.12. The molecule has 1 aromatic carbocycles. The number of hydrogen-bond acceptors (Lipinski definition) is 4. The largest absolute Gasteiger partial charge is 0.366 e. The van der Waals surface area contributed by atoms with E-state index in [2.05, 4.69) is 48.7 Å². The number of nitrogens with zero attached hydrogens (tertiary/aromatic N) is 2. The molecular weight excluding hydrogens is 280 g/mol. The lowest BCUT2D eigenvalue weighted by Crippen LogP contribution is -2.03. The van der Waals surface area contributed by atoms with Crippen molar-refractivity contribution in [1.82, 2.24) is 9.97 Å². The van der Waals surface area contributed by atoms with E-state index in [0.29, 0.717) is 5.95 Å². The summed E-state index contributed by atoms with van der Waals surface area (Å²) < 4.78 is 1.08. The second-order valence-corrected chi connectivity index (χ2v) is 4.41. The molecule has 88 valence electrons. The van der Waals surface area contributed by atoms with Gasteiger partial charge in [-0.3, -0.25) is 0 Å². The van der Waals surface area contributed by atoms with Crippen LogP contribution in [-0.2, 0) is 6.54 Å². The molecule has 2 N–H and O–H groups in total. The monoisotopic (exact) mass is 292 g/mol. The van der Waals surface area contributed by atoms with Gasteiger partial charge in [-0.15, -0.1) is 0 Å². The maximum absolute atomic E-state index is 4.28. The summed E-state index contributed by atoms with van der Waals surface area (Å²) in [6, 6.07) is 10.0. The van der Waals surface area contributed by atoms with Crippen molar-refractivity contribution in [3.63, 3.8) is 0 Å². The van der Waals surface area contributed by atoms with E-state index in [0.717, 1.165) is 16.8 Å². The molecule has 0 spiro atoms. The van der Waals surface area contributed by atoms with Crippen molar-refractivity contribution in [2.75, 3.05) is 17.7 Å². The Balaban J connectivity index is 1.99. The molecule has 2 rings (SSSR count). The molecule has 1 heterocycles. The highest BCUT2D eigenvalue weighted by Gasteiger charge is 1.97. The van der Waals surface area contributed by atoms with Gasteiger partial charge in [0, 0.05) is 24.3 Å². The van der Waals surface area contributed by atoms with Crippen LogP contribution >= 0.6 is 15.9 Å². The van der Waals surface area contributed by atoms with Gasteiger partial charge in [-0.1, -0.05) is 28.1 Å². The number of anilines is 2. The van der Waals surface area contributed by atoms with E-state index < -0.39 is 0 Å². The lowest BCUT2D eigenvalue weighted by molar-refractivity contribution is 1.08. The van der Waals surface area contributed by atoms with Crippen LogP contribution in [0, 0.1) is 0 Å². The van der Waals surface area contributed by atoms with E-state index in [4.69, 9.17) is 0 Å². The van der Waals surface area contributed by atoms with Crippen LogP contribution in [0.15, 0.2) is 41.0 Å². The van der Waals surface area contributed by atoms with Crippen molar-refractivity contribution in [3.8, 4) is 0 Å². The maximum Gasteiger partial charge on any atom is 0.224 e. The van der Waals surface area contributed by atoms with Crippen LogP contribution in [0.2, 0.25) is 0 Å². The van der Waals surface area contributed by atoms with E-state index in [-0.39, 0.29) is 0 Å². The van der Waals surface area contributed by atoms with Crippen molar-refractivity contribution < 1.29 is 0 Å². The van der Waals surface area contributed by atoms with Gasteiger partial charge in [0.05, 0.1) is 0 Å². The van der Waals surface area contributed by atoms with Crippen LogP contribution in [0.4, 0.5) is 11.8 Å². The molecule has 0 saturated carbocycles. The van der Waals surface area contributed by atoms with Crippen molar-refractivity contribution in [1.29, 1.82) is 0 Å². The van der Waals surface area contributed by atoms with E-state index in [1.54, 1.807) is 13.2 Å². The Morgan fingerprint density at radius 2 is 1.94 bits per heavy atom. The highest BCUT2D eigenvalue weighted by molar-refractivity contribution is 9.10. The van der Waals surface area contributed by atoms with Crippen LogP contribution in [0.3, 0.4) is 0 Å². The fraction of sp³-hybridized carbons (Fsp3) is 0.167. The average Bonchev–Trinajstić information content (AvgIpc) is 2.38. The minimum absolute atomic E-state index is 0.616. The molecule has 0 aliphatic rings. The van der Waals surface area contributed by atoms with Crippen molar-refractivity contribution in [2.45, 2.75) is 6.54 Å².